The second kappa shape index (κ2) is 5.69. The first kappa shape index (κ1) is 12.7. The smallest absolute Gasteiger partial charge is 0.122 e. The topological polar surface area (TPSA) is 29.5 Å². The van der Waals surface area contributed by atoms with Gasteiger partial charge in [0.05, 0.1) is 6.10 Å². The summed E-state index contributed by atoms with van der Waals surface area (Å²) in [5.41, 5.74) is 3.11. The Morgan fingerprint density at radius 1 is 1.11 bits per heavy atom. The molecule has 0 amide bonds. The van der Waals surface area contributed by atoms with Gasteiger partial charge in [0.25, 0.3) is 0 Å². The summed E-state index contributed by atoms with van der Waals surface area (Å²) in [7, 11) is 0. The Hall–Kier alpha value is -1.80. The average Bonchev–Trinajstić information content (AvgIpc) is 2.38. The minimum Gasteiger partial charge on any atom is -0.489 e. The van der Waals surface area contributed by atoms with Crippen LogP contribution in [-0.4, -0.2) is 5.11 Å². The zero-order chi connectivity index (χ0) is 13.0. The Kier molecular flexibility index (Phi) is 4.00. The number of aliphatic hydroxyl groups is 1. The molecule has 2 aromatic carbocycles. The number of aryl methyl sites for hydroxylation is 1. The van der Waals surface area contributed by atoms with Crippen molar-refractivity contribution >= 4 is 0 Å². The van der Waals surface area contributed by atoms with Crippen molar-refractivity contribution in [3.8, 4) is 5.75 Å². The second-order valence-corrected chi connectivity index (χ2v) is 4.48. The summed E-state index contributed by atoms with van der Waals surface area (Å²) >= 11 is 0. The van der Waals surface area contributed by atoms with E-state index in [0.29, 0.717) is 6.61 Å². The average molecular weight is 242 g/mol. The molecule has 0 spiro atoms. The van der Waals surface area contributed by atoms with E-state index >= 15 is 0 Å². The molecule has 0 aromatic heterocycles. The van der Waals surface area contributed by atoms with Crippen molar-refractivity contribution in [3.63, 3.8) is 0 Å². The normalized spacial score (nSPS) is 12.2. The van der Waals surface area contributed by atoms with Gasteiger partial charge < -0.3 is 9.84 Å². The largest absolute Gasteiger partial charge is 0.489 e. The molecular weight excluding hydrogens is 224 g/mol. The van der Waals surface area contributed by atoms with Gasteiger partial charge in [0, 0.05) is 0 Å². The molecule has 0 aliphatic carbocycles. The van der Waals surface area contributed by atoms with Crippen LogP contribution in [0.2, 0.25) is 0 Å². The van der Waals surface area contributed by atoms with Crippen LogP contribution in [0.4, 0.5) is 0 Å². The van der Waals surface area contributed by atoms with E-state index < -0.39 is 6.10 Å². The molecule has 2 nitrogen and oxygen atoms in total. The Labute approximate surface area is 108 Å². The lowest BCUT2D eigenvalue weighted by Gasteiger charge is -2.12. The molecule has 0 saturated heterocycles. The van der Waals surface area contributed by atoms with Crippen LogP contribution in [0.25, 0.3) is 0 Å². The van der Waals surface area contributed by atoms with Crippen molar-refractivity contribution in [3.05, 3.63) is 65.2 Å². The fourth-order valence-corrected chi connectivity index (χ4v) is 1.83. The molecule has 0 fully saturated rings. The van der Waals surface area contributed by atoms with Crippen LogP contribution in [0.15, 0.2) is 48.5 Å². The third-order valence-electron chi connectivity index (χ3n) is 2.92. The molecule has 1 N–H and O–H groups in total. The van der Waals surface area contributed by atoms with E-state index in [2.05, 4.69) is 0 Å². The van der Waals surface area contributed by atoms with Crippen molar-refractivity contribution in [1.29, 1.82) is 0 Å². The molecule has 1 unspecified atom stereocenters. The monoisotopic (exact) mass is 242 g/mol. The van der Waals surface area contributed by atoms with E-state index in [1.807, 2.05) is 55.5 Å². The molecule has 94 valence electrons. The van der Waals surface area contributed by atoms with Crippen molar-refractivity contribution < 1.29 is 9.84 Å². The van der Waals surface area contributed by atoms with Gasteiger partial charge in [-0.15, -0.1) is 0 Å². The molecule has 0 aliphatic rings. The highest BCUT2D eigenvalue weighted by Gasteiger charge is 2.05. The molecule has 2 aromatic rings. The van der Waals surface area contributed by atoms with Crippen LogP contribution in [0.5, 0.6) is 5.75 Å². The van der Waals surface area contributed by atoms with Gasteiger partial charge in [0.1, 0.15) is 12.4 Å². The van der Waals surface area contributed by atoms with Crippen LogP contribution in [0.1, 0.15) is 29.7 Å². The van der Waals surface area contributed by atoms with E-state index in [9.17, 15) is 5.11 Å². The van der Waals surface area contributed by atoms with E-state index in [4.69, 9.17) is 4.74 Å². The van der Waals surface area contributed by atoms with E-state index in [-0.39, 0.29) is 0 Å². The number of aliphatic hydroxyl groups excluding tert-OH is 1. The van der Waals surface area contributed by atoms with Gasteiger partial charge in [-0.25, -0.2) is 0 Å². The zero-order valence-electron chi connectivity index (χ0n) is 10.8. The Bertz CT molecular complexity index is 504. The lowest BCUT2D eigenvalue weighted by atomic mass is 10.1. The number of ether oxygens (including phenoxy) is 1. The lowest BCUT2D eigenvalue weighted by Crippen LogP contribution is -1.98. The molecule has 0 bridgehead atoms. The van der Waals surface area contributed by atoms with Gasteiger partial charge in [-0.3, -0.25) is 0 Å². The van der Waals surface area contributed by atoms with Crippen molar-refractivity contribution in [2.24, 2.45) is 0 Å². The van der Waals surface area contributed by atoms with Crippen LogP contribution >= 0.6 is 0 Å². The van der Waals surface area contributed by atoms with Crippen LogP contribution < -0.4 is 4.74 Å². The summed E-state index contributed by atoms with van der Waals surface area (Å²) in [4.78, 5) is 0. The fourth-order valence-electron chi connectivity index (χ4n) is 1.83. The third-order valence-corrected chi connectivity index (χ3v) is 2.92. The van der Waals surface area contributed by atoms with Crippen molar-refractivity contribution in [2.45, 2.75) is 26.6 Å². The Morgan fingerprint density at radius 2 is 1.83 bits per heavy atom. The van der Waals surface area contributed by atoms with E-state index in [1.165, 1.54) is 0 Å². The van der Waals surface area contributed by atoms with Crippen LogP contribution in [-0.2, 0) is 6.61 Å². The SMILES string of the molecule is Cc1cc(C(C)O)ccc1OCc1ccccc1. The third kappa shape index (κ3) is 3.11. The summed E-state index contributed by atoms with van der Waals surface area (Å²) in [5, 5.41) is 9.51. The molecule has 18 heavy (non-hydrogen) atoms. The summed E-state index contributed by atoms with van der Waals surface area (Å²) < 4.78 is 5.78. The van der Waals surface area contributed by atoms with Gasteiger partial charge in [-0.05, 0) is 42.7 Å². The second-order valence-electron chi connectivity index (χ2n) is 4.48. The number of rotatable bonds is 4. The first-order valence-electron chi connectivity index (χ1n) is 6.12. The highest BCUT2D eigenvalue weighted by Crippen LogP contribution is 2.23. The van der Waals surface area contributed by atoms with E-state index in [0.717, 1.165) is 22.4 Å². The lowest BCUT2D eigenvalue weighted by molar-refractivity contribution is 0.199. The highest BCUT2D eigenvalue weighted by atomic mass is 16.5. The molecule has 0 radical (unpaired) electrons. The van der Waals surface area contributed by atoms with E-state index in [1.54, 1.807) is 6.92 Å². The maximum Gasteiger partial charge on any atom is 0.122 e. The number of benzene rings is 2. The van der Waals surface area contributed by atoms with Gasteiger partial charge in [-0.2, -0.15) is 0 Å². The van der Waals surface area contributed by atoms with Crippen molar-refractivity contribution in [1.82, 2.24) is 0 Å². The minimum atomic E-state index is -0.438. The Balaban J connectivity index is 2.06. The van der Waals surface area contributed by atoms with Crippen LogP contribution in [0.3, 0.4) is 0 Å². The fraction of sp³-hybridized carbons (Fsp3) is 0.250. The maximum absolute atomic E-state index is 9.51. The van der Waals surface area contributed by atoms with Gasteiger partial charge in [-0.1, -0.05) is 36.4 Å². The predicted octanol–water partition coefficient (Wildman–Crippen LogP) is 3.63. The minimum absolute atomic E-state index is 0.438. The van der Waals surface area contributed by atoms with Gasteiger partial charge in [0.2, 0.25) is 0 Å². The maximum atomic E-state index is 9.51. The molecule has 0 aliphatic heterocycles. The highest BCUT2D eigenvalue weighted by molar-refractivity contribution is 5.37. The molecule has 0 saturated carbocycles. The molecular formula is C16H18O2. The van der Waals surface area contributed by atoms with Crippen molar-refractivity contribution in [2.75, 3.05) is 0 Å². The summed E-state index contributed by atoms with van der Waals surface area (Å²) in [5.74, 6) is 0.864. The summed E-state index contributed by atoms with van der Waals surface area (Å²) in [6.45, 7) is 4.32. The number of hydrogen-bond acceptors (Lipinski definition) is 2. The predicted molar refractivity (Wildman–Crippen MR) is 72.6 cm³/mol. The molecule has 2 rings (SSSR count). The zero-order valence-corrected chi connectivity index (χ0v) is 10.8. The first-order chi connectivity index (χ1) is 8.66. The quantitative estimate of drug-likeness (QED) is 0.887. The summed E-state index contributed by atoms with van der Waals surface area (Å²) in [6.07, 6.45) is -0.438. The standard InChI is InChI=1S/C16H18O2/c1-12-10-15(13(2)17)8-9-16(12)18-11-14-6-4-3-5-7-14/h3-10,13,17H,11H2,1-2H3. The van der Waals surface area contributed by atoms with Crippen LogP contribution in [0, 0.1) is 6.92 Å². The van der Waals surface area contributed by atoms with Gasteiger partial charge in [0.15, 0.2) is 0 Å². The Morgan fingerprint density at radius 3 is 2.44 bits per heavy atom. The molecule has 0 heterocycles. The first-order valence-corrected chi connectivity index (χ1v) is 6.12. The number of hydrogen-bond donors (Lipinski definition) is 1. The summed E-state index contributed by atoms with van der Waals surface area (Å²) in [6, 6.07) is 15.9. The van der Waals surface area contributed by atoms with Gasteiger partial charge >= 0.3 is 0 Å². The molecule has 1 atom stereocenters. The molecule has 2 heteroatoms.